The first kappa shape index (κ1) is 13.2. The summed E-state index contributed by atoms with van der Waals surface area (Å²) >= 11 is 1.78. The highest BCUT2D eigenvalue weighted by molar-refractivity contribution is 8.00. The van der Waals surface area contributed by atoms with E-state index in [0.29, 0.717) is 11.8 Å². The third-order valence-electron chi connectivity index (χ3n) is 2.38. The van der Waals surface area contributed by atoms with Gasteiger partial charge in [-0.3, -0.25) is 0 Å². The zero-order valence-corrected chi connectivity index (χ0v) is 10.8. The van der Waals surface area contributed by atoms with E-state index < -0.39 is 0 Å². The van der Waals surface area contributed by atoms with Crippen molar-refractivity contribution in [2.45, 2.75) is 23.5 Å². The third kappa shape index (κ3) is 3.32. The lowest BCUT2D eigenvalue weighted by Crippen LogP contribution is -2.15. The lowest BCUT2D eigenvalue weighted by Gasteiger charge is -2.13. The van der Waals surface area contributed by atoms with E-state index in [1.54, 1.807) is 26.0 Å². The van der Waals surface area contributed by atoms with Crippen molar-refractivity contribution in [3.63, 3.8) is 0 Å². The topological polar surface area (TPSA) is 44.5 Å². The van der Waals surface area contributed by atoms with Gasteiger partial charge >= 0.3 is 0 Å². The first-order valence-electron chi connectivity index (χ1n) is 5.33. The van der Waals surface area contributed by atoms with Crippen molar-refractivity contribution in [2.24, 2.45) is 5.73 Å². The molecule has 0 aliphatic carbocycles. The zero-order valence-electron chi connectivity index (χ0n) is 10.0. The number of hydrogen-bond acceptors (Lipinski definition) is 4. The molecule has 1 unspecified atom stereocenters. The largest absolute Gasteiger partial charge is 0.493 e. The van der Waals surface area contributed by atoms with Crippen LogP contribution in [0.1, 0.15) is 13.3 Å². The summed E-state index contributed by atoms with van der Waals surface area (Å²) in [6, 6.07) is 5.94. The van der Waals surface area contributed by atoms with Crippen LogP contribution in [0.15, 0.2) is 23.1 Å². The Morgan fingerprint density at radius 2 is 1.94 bits per heavy atom. The molecule has 0 amide bonds. The minimum atomic E-state index is 0.457. The first-order valence-corrected chi connectivity index (χ1v) is 6.21. The average molecular weight is 241 g/mol. The van der Waals surface area contributed by atoms with Crippen LogP contribution < -0.4 is 15.2 Å². The van der Waals surface area contributed by atoms with Crippen molar-refractivity contribution in [2.75, 3.05) is 20.8 Å². The van der Waals surface area contributed by atoms with Gasteiger partial charge in [-0.15, -0.1) is 11.8 Å². The molecule has 0 aliphatic heterocycles. The van der Waals surface area contributed by atoms with Crippen LogP contribution in [0, 0.1) is 0 Å². The van der Waals surface area contributed by atoms with Crippen LogP contribution in [0.4, 0.5) is 0 Å². The highest BCUT2D eigenvalue weighted by atomic mass is 32.2. The standard InChI is InChI=1S/C12H19NO2S/c1-4-9(8-13)16-10-5-6-11(14-2)12(7-10)15-3/h5-7,9H,4,8,13H2,1-3H3. The van der Waals surface area contributed by atoms with Crippen LogP contribution in [0.3, 0.4) is 0 Å². The minimum absolute atomic E-state index is 0.457. The van der Waals surface area contributed by atoms with E-state index in [1.165, 1.54) is 0 Å². The molecule has 0 fully saturated rings. The van der Waals surface area contributed by atoms with E-state index in [9.17, 15) is 0 Å². The number of hydrogen-bond donors (Lipinski definition) is 1. The summed E-state index contributed by atoms with van der Waals surface area (Å²) < 4.78 is 10.4. The van der Waals surface area contributed by atoms with E-state index in [0.717, 1.165) is 22.8 Å². The molecule has 0 saturated heterocycles. The van der Waals surface area contributed by atoms with Crippen LogP contribution in [0.25, 0.3) is 0 Å². The normalized spacial score (nSPS) is 12.2. The molecule has 0 bridgehead atoms. The number of methoxy groups -OCH3 is 2. The molecule has 0 aliphatic rings. The van der Waals surface area contributed by atoms with Gasteiger partial charge in [0.1, 0.15) is 0 Å². The predicted octanol–water partition coefficient (Wildman–Crippen LogP) is 2.53. The summed E-state index contributed by atoms with van der Waals surface area (Å²) in [5, 5.41) is 0.457. The van der Waals surface area contributed by atoms with Gasteiger partial charge in [-0.25, -0.2) is 0 Å². The second-order valence-corrected chi connectivity index (χ2v) is 4.77. The molecule has 0 heterocycles. The van der Waals surface area contributed by atoms with Crippen molar-refractivity contribution < 1.29 is 9.47 Å². The zero-order chi connectivity index (χ0) is 12.0. The Balaban J connectivity index is 2.82. The summed E-state index contributed by atoms with van der Waals surface area (Å²) in [7, 11) is 3.28. The van der Waals surface area contributed by atoms with Gasteiger partial charge in [0, 0.05) is 16.7 Å². The fourth-order valence-corrected chi connectivity index (χ4v) is 2.35. The molecule has 0 spiro atoms. The van der Waals surface area contributed by atoms with Crippen molar-refractivity contribution in [3.05, 3.63) is 18.2 Å². The summed E-state index contributed by atoms with van der Waals surface area (Å²) in [6.45, 7) is 2.83. The average Bonchev–Trinajstić information content (AvgIpc) is 2.35. The Morgan fingerprint density at radius 1 is 1.25 bits per heavy atom. The number of thioether (sulfide) groups is 1. The molecule has 1 aromatic rings. The molecule has 1 atom stereocenters. The summed E-state index contributed by atoms with van der Waals surface area (Å²) in [4.78, 5) is 1.16. The van der Waals surface area contributed by atoms with Crippen molar-refractivity contribution >= 4 is 11.8 Å². The lowest BCUT2D eigenvalue weighted by atomic mass is 10.3. The predicted molar refractivity (Wildman–Crippen MR) is 68.5 cm³/mol. The maximum absolute atomic E-state index is 5.68. The molecule has 1 aromatic carbocycles. The van der Waals surface area contributed by atoms with E-state index in [4.69, 9.17) is 15.2 Å². The molecular formula is C12H19NO2S. The van der Waals surface area contributed by atoms with Gasteiger partial charge in [-0.2, -0.15) is 0 Å². The number of ether oxygens (including phenoxy) is 2. The molecular weight excluding hydrogens is 222 g/mol. The Hall–Kier alpha value is -0.870. The lowest BCUT2D eigenvalue weighted by molar-refractivity contribution is 0.354. The number of benzene rings is 1. The first-order chi connectivity index (χ1) is 7.74. The van der Waals surface area contributed by atoms with Gasteiger partial charge in [-0.1, -0.05) is 6.92 Å². The SMILES string of the molecule is CCC(CN)Sc1ccc(OC)c(OC)c1. The maximum atomic E-state index is 5.68. The Kier molecular flexibility index (Phi) is 5.49. The summed E-state index contributed by atoms with van der Waals surface area (Å²) in [6.07, 6.45) is 1.06. The van der Waals surface area contributed by atoms with Crippen LogP contribution >= 0.6 is 11.8 Å². The van der Waals surface area contributed by atoms with E-state index in [1.807, 2.05) is 18.2 Å². The molecule has 1 rings (SSSR count). The van der Waals surface area contributed by atoms with Crippen LogP contribution in [-0.4, -0.2) is 26.0 Å². The van der Waals surface area contributed by atoms with Gasteiger partial charge in [0.25, 0.3) is 0 Å². The monoisotopic (exact) mass is 241 g/mol. The summed E-state index contributed by atoms with van der Waals surface area (Å²) in [5.41, 5.74) is 5.68. The molecule has 90 valence electrons. The fourth-order valence-electron chi connectivity index (χ4n) is 1.38. The molecule has 16 heavy (non-hydrogen) atoms. The minimum Gasteiger partial charge on any atom is -0.493 e. The molecule has 0 aromatic heterocycles. The molecule has 0 radical (unpaired) electrons. The van der Waals surface area contributed by atoms with E-state index in [-0.39, 0.29) is 0 Å². The quantitative estimate of drug-likeness (QED) is 0.777. The number of rotatable bonds is 6. The van der Waals surface area contributed by atoms with Crippen LogP contribution in [-0.2, 0) is 0 Å². The summed E-state index contributed by atoms with van der Waals surface area (Å²) in [5.74, 6) is 1.52. The van der Waals surface area contributed by atoms with Crippen molar-refractivity contribution in [1.29, 1.82) is 0 Å². The second-order valence-electron chi connectivity index (χ2n) is 3.40. The van der Waals surface area contributed by atoms with Gasteiger partial charge < -0.3 is 15.2 Å². The molecule has 4 heteroatoms. The molecule has 2 N–H and O–H groups in total. The van der Waals surface area contributed by atoms with Gasteiger partial charge in [0.05, 0.1) is 14.2 Å². The van der Waals surface area contributed by atoms with Gasteiger partial charge in [-0.05, 0) is 24.6 Å². The highest BCUT2D eigenvalue weighted by Gasteiger charge is 2.09. The van der Waals surface area contributed by atoms with E-state index >= 15 is 0 Å². The highest BCUT2D eigenvalue weighted by Crippen LogP contribution is 2.33. The van der Waals surface area contributed by atoms with Crippen molar-refractivity contribution in [1.82, 2.24) is 0 Å². The Labute approximate surface area is 101 Å². The van der Waals surface area contributed by atoms with Crippen LogP contribution in [0.2, 0.25) is 0 Å². The Bertz CT molecular complexity index is 327. The van der Waals surface area contributed by atoms with Gasteiger partial charge in [0.15, 0.2) is 11.5 Å². The third-order valence-corrected chi connectivity index (χ3v) is 3.76. The van der Waals surface area contributed by atoms with Gasteiger partial charge in [0.2, 0.25) is 0 Å². The molecule has 3 nitrogen and oxygen atoms in total. The van der Waals surface area contributed by atoms with Crippen LogP contribution in [0.5, 0.6) is 11.5 Å². The fraction of sp³-hybridized carbons (Fsp3) is 0.500. The smallest absolute Gasteiger partial charge is 0.161 e. The molecule has 0 saturated carbocycles. The maximum Gasteiger partial charge on any atom is 0.161 e. The number of nitrogens with two attached hydrogens (primary N) is 1. The second kappa shape index (κ2) is 6.66. The Morgan fingerprint density at radius 3 is 2.44 bits per heavy atom. The van der Waals surface area contributed by atoms with E-state index in [2.05, 4.69) is 6.92 Å². The van der Waals surface area contributed by atoms with Crippen molar-refractivity contribution in [3.8, 4) is 11.5 Å².